The summed E-state index contributed by atoms with van der Waals surface area (Å²) in [4.78, 5) is 29.3. The zero-order valence-corrected chi connectivity index (χ0v) is 18.5. The molecule has 0 spiro atoms. The molecule has 2 aromatic heterocycles. The number of aromatic nitrogens is 1. The number of amides is 1. The second-order valence-corrected chi connectivity index (χ2v) is 8.65. The Labute approximate surface area is 183 Å². The van der Waals surface area contributed by atoms with E-state index < -0.39 is 33.6 Å². The summed E-state index contributed by atoms with van der Waals surface area (Å²) in [6.45, 7) is 1.68. The van der Waals surface area contributed by atoms with Crippen LogP contribution in [0, 0.1) is 12.7 Å². The minimum atomic E-state index is -3.97. The maximum atomic E-state index is 14.8. The molecule has 0 radical (unpaired) electrons. The first-order valence-corrected chi connectivity index (χ1v) is 10.8. The molecule has 2 N–H and O–H groups in total. The van der Waals surface area contributed by atoms with Gasteiger partial charge in [0.15, 0.2) is 11.6 Å². The second kappa shape index (κ2) is 8.93. The van der Waals surface area contributed by atoms with E-state index in [1.54, 1.807) is 19.1 Å². The quantitative estimate of drug-likeness (QED) is 0.535. The van der Waals surface area contributed by atoms with Crippen LogP contribution in [-0.2, 0) is 16.6 Å². The lowest BCUT2D eigenvalue weighted by molar-refractivity contribution is 0.172. The fourth-order valence-electron chi connectivity index (χ4n) is 2.89. The van der Waals surface area contributed by atoms with E-state index in [4.69, 9.17) is 9.15 Å². The molecule has 10 nitrogen and oxygen atoms in total. The minimum absolute atomic E-state index is 0.0556. The molecular formula is C20H21FN4O6S. The van der Waals surface area contributed by atoms with E-state index in [-0.39, 0.29) is 28.9 Å². The van der Waals surface area contributed by atoms with Gasteiger partial charge in [-0.3, -0.25) is 4.72 Å². The normalized spacial score (nSPS) is 11.4. The number of nitrogens with one attached hydrogen (secondary N) is 2. The molecule has 32 heavy (non-hydrogen) atoms. The van der Waals surface area contributed by atoms with E-state index in [0.717, 1.165) is 0 Å². The molecule has 0 unspecified atom stereocenters. The highest BCUT2D eigenvalue weighted by Crippen LogP contribution is 2.26. The predicted molar refractivity (Wildman–Crippen MR) is 116 cm³/mol. The van der Waals surface area contributed by atoms with Crippen LogP contribution in [0.25, 0.3) is 11.0 Å². The second-order valence-electron chi connectivity index (χ2n) is 7.03. The number of fused-ring (bicyclic) bond motifs is 1. The largest absolute Gasteiger partial charge is 0.422 e. The number of rotatable bonds is 6. The maximum absolute atomic E-state index is 14.8. The molecule has 0 atom stereocenters. The third-order valence-corrected chi connectivity index (χ3v) is 5.66. The lowest BCUT2D eigenvalue weighted by Crippen LogP contribution is -2.27. The third kappa shape index (κ3) is 4.86. The molecule has 0 saturated heterocycles. The van der Waals surface area contributed by atoms with Crippen molar-refractivity contribution in [2.24, 2.45) is 0 Å². The number of carbonyl (C=O) groups is 1. The van der Waals surface area contributed by atoms with Gasteiger partial charge in [0.25, 0.3) is 10.2 Å². The van der Waals surface area contributed by atoms with Crippen molar-refractivity contribution in [3.63, 3.8) is 0 Å². The fourth-order valence-corrected chi connectivity index (χ4v) is 3.39. The van der Waals surface area contributed by atoms with Crippen molar-refractivity contribution in [3.8, 4) is 5.75 Å². The zero-order valence-electron chi connectivity index (χ0n) is 17.7. The lowest BCUT2D eigenvalue weighted by atomic mass is 10.00. The SMILES string of the molecule is CNS(=O)(=O)Nc1nccc(Cc2c(C)c3ccc(OC(=O)N(C)C)cc3oc2=O)c1F. The monoisotopic (exact) mass is 464 g/mol. The van der Waals surface area contributed by atoms with E-state index in [9.17, 15) is 22.4 Å². The lowest BCUT2D eigenvalue weighted by Gasteiger charge is -2.13. The molecule has 3 rings (SSSR count). The molecule has 2 heterocycles. The standard InChI is InChI=1S/C20H21FN4O6S/c1-11-14-6-5-13(30-20(27)25(3)4)10-16(14)31-19(26)15(11)9-12-7-8-23-18(17(12)21)24-32(28,29)22-2/h5-8,10,22H,9H2,1-4H3,(H,23,24). The summed E-state index contributed by atoms with van der Waals surface area (Å²) in [7, 11) is 0.268. The molecule has 0 aliphatic carbocycles. The van der Waals surface area contributed by atoms with E-state index in [1.807, 2.05) is 9.44 Å². The van der Waals surface area contributed by atoms with Gasteiger partial charge in [0, 0.05) is 50.8 Å². The molecule has 12 heteroatoms. The molecule has 0 aliphatic heterocycles. The Morgan fingerprint density at radius 1 is 1.28 bits per heavy atom. The van der Waals surface area contributed by atoms with Crippen molar-refractivity contribution in [1.82, 2.24) is 14.6 Å². The van der Waals surface area contributed by atoms with Crippen LogP contribution in [-0.4, -0.2) is 45.5 Å². The molecule has 0 aliphatic rings. The molecule has 170 valence electrons. The molecule has 1 amide bonds. The van der Waals surface area contributed by atoms with Gasteiger partial charge in [0.05, 0.1) is 0 Å². The van der Waals surface area contributed by atoms with Crippen molar-refractivity contribution >= 4 is 33.1 Å². The number of anilines is 1. The summed E-state index contributed by atoms with van der Waals surface area (Å²) in [5.41, 5.74) is 0.316. The maximum Gasteiger partial charge on any atom is 0.414 e. The fraction of sp³-hybridized carbons (Fsp3) is 0.250. The van der Waals surface area contributed by atoms with Gasteiger partial charge in [-0.25, -0.2) is 23.7 Å². The topological polar surface area (TPSA) is 131 Å². The van der Waals surface area contributed by atoms with Crippen LogP contribution >= 0.6 is 0 Å². The van der Waals surface area contributed by atoms with Crippen molar-refractivity contribution in [1.29, 1.82) is 0 Å². The van der Waals surface area contributed by atoms with Gasteiger partial charge in [0.2, 0.25) is 0 Å². The number of nitrogens with zero attached hydrogens (tertiary/aromatic N) is 2. The van der Waals surface area contributed by atoms with Crippen LogP contribution in [0.5, 0.6) is 5.75 Å². The Morgan fingerprint density at radius 3 is 2.66 bits per heavy atom. The summed E-state index contributed by atoms with van der Waals surface area (Å²) >= 11 is 0. The highest BCUT2D eigenvalue weighted by atomic mass is 32.2. The Balaban J connectivity index is 1.98. The Bertz CT molecular complexity index is 1350. The van der Waals surface area contributed by atoms with Gasteiger partial charge in [-0.2, -0.15) is 8.42 Å². The number of hydrogen-bond donors (Lipinski definition) is 2. The number of halogens is 1. The average molecular weight is 464 g/mol. The van der Waals surface area contributed by atoms with Gasteiger partial charge in [-0.1, -0.05) is 0 Å². The van der Waals surface area contributed by atoms with E-state index in [0.29, 0.717) is 10.9 Å². The van der Waals surface area contributed by atoms with Gasteiger partial charge in [-0.05, 0) is 36.2 Å². The summed E-state index contributed by atoms with van der Waals surface area (Å²) < 4.78 is 52.7. The summed E-state index contributed by atoms with van der Waals surface area (Å²) in [5.74, 6) is -1.20. The molecule has 3 aromatic rings. The molecule has 1 aromatic carbocycles. The summed E-state index contributed by atoms with van der Waals surface area (Å²) in [5, 5.41) is 0.579. The third-order valence-electron chi connectivity index (χ3n) is 4.67. The summed E-state index contributed by atoms with van der Waals surface area (Å²) in [6, 6.07) is 5.95. The van der Waals surface area contributed by atoms with Crippen molar-refractivity contribution < 1.29 is 26.8 Å². The Hall–Kier alpha value is -3.51. The first-order valence-electron chi connectivity index (χ1n) is 9.32. The number of pyridine rings is 1. The van der Waals surface area contributed by atoms with Crippen molar-refractivity contribution in [2.75, 3.05) is 25.9 Å². The Kier molecular flexibility index (Phi) is 6.46. The van der Waals surface area contributed by atoms with Gasteiger partial charge >= 0.3 is 11.7 Å². The van der Waals surface area contributed by atoms with Crippen molar-refractivity contribution in [3.05, 3.63) is 63.4 Å². The van der Waals surface area contributed by atoms with E-state index in [1.165, 1.54) is 44.4 Å². The molecule has 0 saturated carbocycles. The van der Waals surface area contributed by atoms with Crippen LogP contribution in [0.15, 0.2) is 39.7 Å². The van der Waals surface area contributed by atoms with Crippen LogP contribution in [0.4, 0.5) is 15.0 Å². The molecular weight excluding hydrogens is 443 g/mol. The van der Waals surface area contributed by atoms with E-state index in [2.05, 4.69) is 4.98 Å². The van der Waals surface area contributed by atoms with Gasteiger partial charge in [0.1, 0.15) is 11.3 Å². The number of ether oxygens (including phenoxy) is 1. The van der Waals surface area contributed by atoms with Crippen molar-refractivity contribution in [2.45, 2.75) is 13.3 Å². The number of hydrogen-bond acceptors (Lipinski definition) is 7. The van der Waals surface area contributed by atoms with Crippen LogP contribution in [0.1, 0.15) is 16.7 Å². The zero-order chi connectivity index (χ0) is 23.6. The first kappa shape index (κ1) is 23.2. The summed E-state index contributed by atoms with van der Waals surface area (Å²) in [6.07, 6.45) is 0.497. The minimum Gasteiger partial charge on any atom is -0.422 e. The Morgan fingerprint density at radius 2 is 2.00 bits per heavy atom. The van der Waals surface area contributed by atoms with Gasteiger partial charge in [-0.15, -0.1) is 0 Å². The smallest absolute Gasteiger partial charge is 0.414 e. The number of aryl methyl sites for hydroxylation is 1. The molecule has 0 fully saturated rings. The van der Waals surface area contributed by atoms with Crippen LogP contribution < -0.4 is 19.8 Å². The highest BCUT2D eigenvalue weighted by Gasteiger charge is 2.19. The first-order chi connectivity index (χ1) is 15.0. The van der Waals surface area contributed by atoms with Crippen LogP contribution in [0.2, 0.25) is 0 Å². The van der Waals surface area contributed by atoms with Crippen LogP contribution in [0.3, 0.4) is 0 Å². The highest BCUT2D eigenvalue weighted by molar-refractivity contribution is 7.90. The number of carbonyl (C=O) groups excluding carboxylic acids is 1. The molecule has 0 bridgehead atoms. The average Bonchev–Trinajstić information content (AvgIpc) is 2.73. The van der Waals surface area contributed by atoms with E-state index >= 15 is 0 Å². The van der Waals surface area contributed by atoms with Gasteiger partial charge < -0.3 is 14.1 Å². The number of benzene rings is 1. The predicted octanol–water partition coefficient (Wildman–Crippen LogP) is 2.16.